The number of rotatable bonds is 9. The summed E-state index contributed by atoms with van der Waals surface area (Å²) >= 11 is 13.3. The van der Waals surface area contributed by atoms with Gasteiger partial charge in [0.15, 0.2) is 0 Å². The van der Waals surface area contributed by atoms with Gasteiger partial charge in [0.05, 0.1) is 30.0 Å². The molecule has 1 amide bonds. The first-order valence-electron chi connectivity index (χ1n) is 16.3. The van der Waals surface area contributed by atoms with Crippen LogP contribution in [0.15, 0.2) is 84.9 Å². The van der Waals surface area contributed by atoms with Crippen LogP contribution in [0.4, 0.5) is 11.4 Å². The first-order chi connectivity index (χ1) is 23.7. The largest absolute Gasteiger partial charge is 0.495 e. The molecule has 50 heavy (non-hydrogen) atoms. The molecule has 4 aromatic carbocycles. The highest BCUT2D eigenvalue weighted by molar-refractivity contribution is 6.31. The van der Waals surface area contributed by atoms with Crippen molar-refractivity contribution in [1.82, 2.24) is 5.32 Å². The number of nitrogens with one attached hydrogen (secondary N) is 2. The van der Waals surface area contributed by atoms with Crippen LogP contribution in [0.5, 0.6) is 5.75 Å². The second kappa shape index (κ2) is 13.6. The van der Waals surface area contributed by atoms with Crippen LogP contribution in [0.1, 0.15) is 70.5 Å². The molecule has 11 heteroatoms. The zero-order valence-corrected chi connectivity index (χ0v) is 29.7. The van der Waals surface area contributed by atoms with Crippen molar-refractivity contribution < 1.29 is 29.3 Å². The zero-order chi connectivity index (χ0) is 36.0. The first kappa shape index (κ1) is 35.3. The van der Waals surface area contributed by atoms with Crippen molar-refractivity contribution in [3.05, 3.63) is 123 Å². The van der Waals surface area contributed by atoms with Crippen LogP contribution in [0.3, 0.4) is 0 Å². The van der Waals surface area contributed by atoms with E-state index in [1.807, 2.05) is 42.5 Å². The predicted molar refractivity (Wildman–Crippen MR) is 195 cm³/mol. The van der Waals surface area contributed by atoms with Gasteiger partial charge in [0.1, 0.15) is 5.75 Å². The van der Waals surface area contributed by atoms with Gasteiger partial charge in [-0.25, -0.2) is 9.59 Å². The molecule has 0 bridgehead atoms. The van der Waals surface area contributed by atoms with E-state index in [1.165, 1.54) is 25.3 Å². The summed E-state index contributed by atoms with van der Waals surface area (Å²) in [4.78, 5) is 40.3. The van der Waals surface area contributed by atoms with E-state index in [2.05, 4.69) is 36.3 Å². The number of methoxy groups -OCH3 is 1. The fourth-order valence-corrected chi connectivity index (χ4v) is 8.12. The van der Waals surface area contributed by atoms with Crippen molar-refractivity contribution in [1.29, 1.82) is 0 Å². The van der Waals surface area contributed by atoms with Gasteiger partial charge in [-0.1, -0.05) is 74.3 Å². The summed E-state index contributed by atoms with van der Waals surface area (Å²) in [6.07, 6.45) is 0.717. The Hall–Kier alpha value is -4.57. The molecule has 0 aromatic heterocycles. The van der Waals surface area contributed by atoms with E-state index in [0.29, 0.717) is 28.8 Å². The molecule has 1 fully saturated rings. The number of halogens is 2. The van der Waals surface area contributed by atoms with Crippen molar-refractivity contribution in [2.45, 2.75) is 57.2 Å². The molecular weight excluding hydrogens is 677 g/mol. The smallest absolute Gasteiger partial charge is 0.335 e. The normalized spacial score (nSPS) is 21.2. The van der Waals surface area contributed by atoms with Gasteiger partial charge < -0.3 is 30.5 Å². The zero-order valence-electron chi connectivity index (χ0n) is 28.2. The van der Waals surface area contributed by atoms with Gasteiger partial charge in [-0.05, 0) is 83.1 Å². The number of anilines is 2. The maximum atomic E-state index is 14.6. The van der Waals surface area contributed by atoms with Crippen molar-refractivity contribution in [2.75, 3.05) is 23.9 Å². The number of nitrogens with zero attached hydrogens (tertiary/aromatic N) is 1. The van der Waals surface area contributed by atoms with Gasteiger partial charge in [0, 0.05) is 46.2 Å². The third kappa shape index (κ3) is 6.77. The Balaban J connectivity index is 1.50. The number of ether oxygens (including phenoxy) is 1. The van der Waals surface area contributed by atoms with Crippen LogP contribution in [0.2, 0.25) is 10.0 Å². The van der Waals surface area contributed by atoms with Crippen LogP contribution < -0.4 is 20.3 Å². The molecule has 6 rings (SSSR count). The highest BCUT2D eigenvalue weighted by Crippen LogP contribution is 2.58. The lowest BCUT2D eigenvalue weighted by atomic mass is 9.63. The molecule has 0 unspecified atom stereocenters. The SMILES string of the molecule is COc1cc(C(=O)O)ccc1NC(=O)[C@@H]1N[C@@H](CC(C)(C)C)[C@@]2(CN(Cc3cccc(C(=O)O)c3)c3cc(Cl)ccc32)[C@H]1c1cccc(Cl)c1. The van der Waals surface area contributed by atoms with Gasteiger partial charge in [0.2, 0.25) is 5.91 Å². The fourth-order valence-electron chi connectivity index (χ4n) is 7.76. The van der Waals surface area contributed by atoms with Crippen LogP contribution in [0, 0.1) is 5.41 Å². The Labute approximate surface area is 301 Å². The summed E-state index contributed by atoms with van der Waals surface area (Å²) < 4.78 is 5.49. The highest BCUT2D eigenvalue weighted by Gasteiger charge is 2.62. The monoisotopic (exact) mass is 715 g/mol. The van der Waals surface area contributed by atoms with Crippen molar-refractivity contribution >= 4 is 52.4 Å². The maximum absolute atomic E-state index is 14.6. The van der Waals surface area contributed by atoms with E-state index in [4.69, 9.17) is 27.9 Å². The lowest BCUT2D eigenvalue weighted by Gasteiger charge is -2.40. The summed E-state index contributed by atoms with van der Waals surface area (Å²) in [5, 5.41) is 27.1. The second-order valence-corrected chi connectivity index (χ2v) is 15.1. The van der Waals surface area contributed by atoms with Crippen molar-refractivity contribution in [2.24, 2.45) is 5.41 Å². The van der Waals surface area contributed by atoms with Crippen molar-refractivity contribution in [3.8, 4) is 5.75 Å². The fraction of sp³-hybridized carbons (Fsp3) is 0.308. The lowest BCUT2D eigenvalue weighted by Crippen LogP contribution is -2.48. The molecule has 4 aromatic rings. The number of carboxylic acids is 2. The lowest BCUT2D eigenvalue weighted by molar-refractivity contribution is -0.118. The average Bonchev–Trinajstić information content (AvgIpc) is 3.54. The van der Waals surface area contributed by atoms with E-state index in [9.17, 15) is 24.6 Å². The summed E-state index contributed by atoms with van der Waals surface area (Å²) in [7, 11) is 1.43. The van der Waals surface area contributed by atoms with Gasteiger partial charge in [-0.15, -0.1) is 0 Å². The Kier molecular flexibility index (Phi) is 9.61. The van der Waals surface area contributed by atoms with Crippen LogP contribution in [-0.2, 0) is 16.8 Å². The topological polar surface area (TPSA) is 128 Å². The number of fused-ring (bicyclic) bond motifs is 2. The molecule has 260 valence electrons. The van der Waals surface area contributed by atoms with Crippen LogP contribution in [0.25, 0.3) is 0 Å². The standard InChI is InChI=1S/C39H39Cl2N3O6/c1-38(2,3)19-32-39(21-44(30-18-27(41)12-13-28(30)39)20-22-7-5-9-24(15-22)36(46)47)33(23-8-6-10-26(40)16-23)34(43-32)35(45)42-29-14-11-25(37(48)49)17-31(29)50-4/h5-18,32-34,43H,19-21H2,1-4H3,(H,42,45)(H,46,47)(H,48,49)/t32-,33-,34+,39-/m0/s1. The number of hydrogen-bond acceptors (Lipinski definition) is 6. The predicted octanol–water partition coefficient (Wildman–Crippen LogP) is 7.86. The minimum absolute atomic E-state index is 0.0371. The Bertz CT molecular complexity index is 1980. The van der Waals surface area contributed by atoms with Gasteiger partial charge in [-0.2, -0.15) is 0 Å². The first-order valence-corrected chi connectivity index (χ1v) is 17.1. The van der Waals surface area contributed by atoms with Gasteiger partial charge >= 0.3 is 11.9 Å². The molecule has 0 saturated carbocycles. The highest BCUT2D eigenvalue weighted by atomic mass is 35.5. The van der Waals surface area contributed by atoms with E-state index in [0.717, 1.165) is 28.8 Å². The summed E-state index contributed by atoms with van der Waals surface area (Å²) in [6.45, 7) is 7.44. The van der Waals surface area contributed by atoms with E-state index in [1.54, 1.807) is 24.3 Å². The number of hydrogen-bond donors (Lipinski definition) is 4. The molecule has 2 aliphatic heterocycles. The summed E-state index contributed by atoms with van der Waals surface area (Å²) in [5.74, 6) is -2.61. The number of carbonyl (C=O) groups is 3. The summed E-state index contributed by atoms with van der Waals surface area (Å²) in [6, 6.07) is 23.8. The third-order valence-corrected chi connectivity index (χ3v) is 10.2. The average molecular weight is 717 g/mol. The van der Waals surface area contributed by atoms with Crippen molar-refractivity contribution in [3.63, 3.8) is 0 Å². The Morgan fingerprint density at radius 2 is 1.62 bits per heavy atom. The molecule has 4 N–H and O–H groups in total. The molecular formula is C39H39Cl2N3O6. The number of benzene rings is 4. The van der Waals surface area contributed by atoms with E-state index >= 15 is 0 Å². The minimum Gasteiger partial charge on any atom is -0.495 e. The molecule has 0 aliphatic carbocycles. The van der Waals surface area contributed by atoms with E-state index in [-0.39, 0.29) is 34.2 Å². The third-order valence-electron chi connectivity index (χ3n) is 9.71. The summed E-state index contributed by atoms with van der Waals surface area (Å²) in [5.41, 5.74) is 3.44. The van der Waals surface area contributed by atoms with Gasteiger partial charge in [-0.3, -0.25) is 4.79 Å². The van der Waals surface area contributed by atoms with E-state index < -0.39 is 29.3 Å². The molecule has 2 heterocycles. The molecule has 1 saturated heterocycles. The number of carboxylic acid groups (broad SMARTS) is 2. The molecule has 9 nitrogen and oxygen atoms in total. The van der Waals surface area contributed by atoms with Crippen LogP contribution >= 0.6 is 23.2 Å². The van der Waals surface area contributed by atoms with Gasteiger partial charge in [0.25, 0.3) is 0 Å². The Morgan fingerprint density at radius 1 is 0.920 bits per heavy atom. The van der Waals surface area contributed by atoms with Crippen LogP contribution in [-0.4, -0.2) is 53.8 Å². The maximum Gasteiger partial charge on any atom is 0.335 e. The molecule has 2 aliphatic rings. The number of amides is 1. The number of carbonyl (C=O) groups excluding carboxylic acids is 1. The minimum atomic E-state index is -1.11. The molecule has 4 atom stereocenters. The molecule has 0 radical (unpaired) electrons. The second-order valence-electron chi connectivity index (χ2n) is 14.3. The Morgan fingerprint density at radius 3 is 2.30 bits per heavy atom. The number of aromatic carboxylic acids is 2. The quantitative estimate of drug-likeness (QED) is 0.138. The molecule has 1 spiro atoms.